The minimum Gasteiger partial charge on any atom is -0.436 e. The molecule has 0 spiro atoms. The molecule has 0 saturated heterocycles. The number of halogens is 3. The van der Waals surface area contributed by atoms with Crippen LogP contribution in [-0.2, 0) is 0 Å². The number of carbonyl (C=O) groups is 1. The molecule has 1 amide bonds. The lowest BCUT2D eigenvalue weighted by molar-refractivity contribution is 0.0909. The zero-order chi connectivity index (χ0) is 15.7. The predicted octanol–water partition coefficient (Wildman–Crippen LogP) is 4.23. The van der Waals surface area contributed by atoms with Crippen LogP contribution < -0.4 is 5.32 Å². The van der Waals surface area contributed by atoms with Crippen LogP contribution in [0.3, 0.4) is 0 Å². The van der Waals surface area contributed by atoms with Gasteiger partial charge in [-0.15, -0.1) is 0 Å². The minimum absolute atomic E-state index is 0.0923. The maximum atomic E-state index is 14.0. The second-order valence-electron chi connectivity index (χ2n) is 4.63. The van der Waals surface area contributed by atoms with Gasteiger partial charge in [0.05, 0.1) is 16.8 Å². The molecule has 2 aromatic rings. The van der Waals surface area contributed by atoms with Gasteiger partial charge in [-0.25, -0.2) is 9.37 Å². The summed E-state index contributed by atoms with van der Waals surface area (Å²) in [5.41, 5.74) is 0.677. The number of aryl methyl sites for hydroxylation is 2. The van der Waals surface area contributed by atoms with Crippen molar-refractivity contribution in [3.63, 3.8) is 0 Å². The molecule has 0 bridgehead atoms. The Hall–Kier alpha value is -1.59. The number of nitrogens with one attached hydrogen (secondary N) is 1. The Morgan fingerprint density at radius 2 is 2.05 bits per heavy atom. The summed E-state index contributed by atoms with van der Waals surface area (Å²) >= 11 is 11.6. The van der Waals surface area contributed by atoms with Crippen LogP contribution in [0.5, 0.6) is 0 Å². The number of carbonyl (C=O) groups excluding carboxylic acids is 1. The van der Waals surface area contributed by atoms with Crippen molar-refractivity contribution in [2.24, 2.45) is 0 Å². The molecule has 1 atom stereocenters. The Labute approximate surface area is 131 Å². The molecule has 1 aromatic carbocycles. The summed E-state index contributed by atoms with van der Waals surface area (Å²) < 4.78 is 19.2. The Kier molecular flexibility index (Phi) is 4.54. The Bertz CT molecular complexity index is 701. The first-order chi connectivity index (χ1) is 9.79. The third-order valence-corrected chi connectivity index (χ3v) is 3.44. The van der Waals surface area contributed by atoms with Crippen molar-refractivity contribution < 1.29 is 13.6 Å². The number of rotatable bonds is 3. The largest absolute Gasteiger partial charge is 0.436 e. The number of benzene rings is 1. The van der Waals surface area contributed by atoms with Crippen molar-refractivity contribution in [1.82, 2.24) is 10.3 Å². The van der Waals surface area contributed by atoms with Crippen LogP contribution in [0.2, 0.25) is 10.0 Å². The summed E-state index contributed by atoms with van der Waals surface area (Å²) in [4.78, 5) is 16.1. The van der Waals surface area contributed by atoms with Gasteiger partial charge in [0.25, 0.3) is 5.91 Å². The highest BCUT2D eigenvalue weighted by atomic mass is 35.5. The molecule has 7 heteroatoms. The van der Waals surface area contributed by atoms with Crippen LogP contribution in [0.15, 0.2) is 16.5 Å². The third-order valence-electron chi connectivity index (χ3n) is 2.94. The van der Waals surface area contributed by atoms with Crippen LogP contribution in [0.25, 0.3) is 0 Å². The smallest absolute Gasteiger partial charge is 0.289 e. The van der Waals surface area contributed by atoms with E-state index in [-0.39, 0.29) is 16.3 Å². The van der Waals surface area contributed by atoms with Crippen molar-refractivity contribution in [3.05, 3.63) is 50.9 Å². The zero-order valence-electron chi connectivity index (χ0n) is 11.6. The molecule has 1 aromatic heterocycles. The average molecular weight is 331 g/mol. The van der Waals surface area contributed by atoms with Gasteiger partial charge in [0.2, 0.25) is 5.76 Å². The van der Waals surface area contributed by atoms with Crippen LogP contribution in [0.4, 0.5) is 4.39 Å². The van der Waals surface area contributed by atoms with E-state index in [2.05, 4.69) is 10.3 Å². The molecule has 0 aliphatic heterocycles. The van der Waals surface area contributed by atoms with Crippen molar-refractivity contribution >= 4 is 29.1 Å². The van der Waals surface area contributed by atoms with Gasteiger partial charge in [-0.3, -0.25) is 4.79 Å². The summed E-state index contributed by atoms with van der Waals surface area (Å²) in [5, 5.41) is 2.84. The highest BCUT2D eigenvalue weighted by molar-refractivity contribution is 6.34. The molecular weight excluding hydrogens is 318 g/mol. The van der Waals surface area contributed by atoms with E-state index in [0.717, 1.165) is 0 Å². The fourth-order valence-electron chi connectivity index (χ4n) is 1.97. The SMILES string of the molecule is Cc1nc(C)c(C(=O)NC(C)c2cc(Cl)cc(Cl)c2F)o1. The van der Waals surface area contributed by atoms with E-state index in [4.69, 9.17) is 27.6 Å². The highest BCUT2D eigenvalue weighted by Gasteiger charge is 2.21. The standard InChI is InChI=1S/C14H13Cl2FN2O2/c1-6(10-4-9(15)5-11(16)12(10)17)19-14(20)13-7(2)18-8(3)21-13/h4-6H,1-3H3,(H,19,20). The van der Waals surface area contributed by atoms with Crippen LogP contribution in [0.1, 0.15) is 40.7 Å². The molecule has 0 aliphatic rings. The van der Waals surface area contributed by atoms with Crippen LogP contribution in [-0.4, -0.2) is 10.9 Å². The van der Waals surface area contributed by atoms with Crippen molar-refractivity contribution in [2.75, 3.05) is 0 Å². The van der Waals surface area contributed by atoms with Crippen molar-refractivity contribution in [3.8, 4) is 0 Å². The van der Waals surface area contributed by atoms with E-state index in [1.807, 2.05) is 0 Å². The fourth-order valence-corrected chi connectivity index (χ4v) is 2.48. The van der Waals surface area contributed by atoms with Gasteiger partial charge < -0.3 is 9.73 Å². The van der Waals surface area contributed by atoms with Crippen LogP contribution in [0, 0.1) is 19.7 Å². The topological polar surface area (TPSA) is 55.1 Å². The molecule has 112 valence electrons. The van der Waals surface area contributed by atoms with Crippen molar-refractivity contribution in [2.45, 2.75) is 26.8 Å². The first kappa shape index (κ1) is 15.8. The molecule has 21 heavy (non-hydrogen) atoms. The maximum absolute atomic E-state index is 14.0. The Morgan fingerprint density at radius 1 is 1.38 bits per heavy atom. The first-order valence-corrected chi connectivity index (χ1v) is 6.94. The van der Waals surface area contributed by atoms with Crippen LogP contribution >= 0.6 is 23.2 Å². The number of aromatic nitrogens is 1. The molecule has 0 radical (unpaired) electrons. The highest BCUT2D eigenvalue weighted by Crippen LogP contribution is 2.28. The number of hydrogen-bond acceptors (Lipinski definition) is 3. The molecular formula is C14H13Cl2FN2O2. The summed E-state index contributed by atoms with van der Waals surface area (Å²) in [7, 11) is 0. The summed E-state index contributed by atoms with van der Waals surface area (Å²) in [5.74, 6) is -0.592. The lowest BCUT2D eigenvalue weighted by Crippen LogP contribution is -2.27. The number of hydrogen-bond donors (Lipinski definition) is 1. The zero-order valence-corrected chi connectivity index (χ0v) is 13.1. The second-order valence-corrected chi connectivity index (χ2v) is 5.48. The molecule has 0 aliphatic carbocycles. The third kappa shape index (κ3) is 3.36. The average Bonchev–Trinajstić information content (AvgIpc) is 2.72. The summed E-state index contributed by atoms with van der Waals surface area (Å²) in [6, 6.07) is 2.10. The molecule has 1 N–H and O–H groups in total. The number of amides is 1. The van der Waals surface area contributed by atoms with E-state index in [0.29, 0.717) is 16.6 Å². The predicted molar refractivity (Wildman–Crippen MR) is 78.3 cm³/mol. The van der Waals surface area contributed by atoms with Gasteiger partial charge in [-0.2, -0.15) is 0 Å². The summed E-state index contributed by atoms with van der Waals surface area (Å²) in [6.45, 7) is 4.93. The van der Waals surface area contributed by atoms with E-state index >= 15 is 0 Å². The second kappa shape index (κ2) is 6.03. The van der Waals surface area contributed by atoms with Gasteiger partial charge in [0.15, 0.2) is 5.89 Å². The monoisotopic (exact) mass is 330 g/mol. The van der Waals surface area contributed by atoms with Gasteiger partial charge in [0.1, 0.15) is 5.82 Å². The van der Waals surface area contributed by atoms with Crippen molar-refractivity contribution in [1.29, 1.82) is 0 Å². The molecule has 2 rings (SSSR count). The Morgan fingerprint density at radius 3 is 2.62 bits per heavy atom. The van der Waals surface area contributed by atoms with Gasteiger partial charge in [-0.05, 0) is 26.0 Å². The quantitative estimate of drug-likeness (QED) is 0.857. The molecule has 1 unspecified atom stereocenters. The normalized spacial score (nSPS) is 12.3. The van der Waals surface area contributed by atoms with E-state index in [1.54, 1.807) is 20.8 Å². The minimum atomic E-state index is -0.626. The number of nitrogens with zero attached hydrogens (tertiary/aromatic N) is 1. The van der Waals surface area contributed by atoms with Gasteiger partial charge >= 0.3 is 0 Å². The van der Waals surface area contributed by atoms with E-state index in [1.165, 1.54) is 12.1 Å². The van der Waals surface area contributed by atoms with E-state index < -0.39 is 17.8 Å². The molecule has 0 fully saturated rings. The number of oxazole rings is 1. The lowest BCUT2D eigenvalue weighted by atomic mass is 10.1. The lowest BCUT2D eigenvalue weighted by Gasteiger charge is -2.15. The first-order valence-electron chi connectivity index (χ1n) is 6.19. The molecule has 0 saturated carbocycles. The van der Waals surface area contributed by atoms with Gasteiger partial charge in [0, 0.05) is 17.5 Å². The fraction of sp³-hybridized carbons (Fsp3) is 0.286. The van der Waals surface area contributed by atoms with E-state index in [9.17, 15) is 9.18 Å². The Balaban J connectivity index is 2.24. The van der Waals surface area contributed by atoms with Gasteiger partial charge in [-0.1, -0.05) is 23.2 Å². The molecule has 4 nitrogen and oxygen atoms in total. The molecule has 1 heterocycles. The summed E-state index contributed by atoms with van der Waals surface area (Å²) in [6.07, 6.45) is 0. The maximum Gasteiger partial charge on any atom is 0.289 e.